The molecule has 3 nitrogen and oxygen atoms in total. The number of nitrogens with two attached hydrogens (primary N) is 1. The molecule has 0 heterocycles. The molecule has 1 atom stereocenters. The number of amides is 1. The highest BCUT2D eigenvalue weighted by Gasteiger charge is 2.06. The third kappa shape index (κ3) is 5.25. The lowest BCUT2D eigenvalue weighted by atomic mass is 10.2. The molecule has 0 radical (unpaired) electrons. The number of carbonyl (C=O) groups excluding carboxylic acids is 1. The van der Waals surface area contributed by atoms with Gasteiger partial charge >= 0.3 is 0 Å². The van der Waals surface area contributed by atoms with Gasteiger partial charge in [0.25, 0.3) is 0 Å². The van der Waals surface area contributed by atoms with Crippen molar-refractivity contribution in [2.24, 2.45) is 5.73 Å². The highest BCUT2D eigenvalue weighted by molar-refractivity contribution is 7.98. The van der Waals surface area contributed by atoms with Crippen LogP contribution in [0.25, 0.3) is 0 Å². The van der Waals surface area contributed by atoms with Gasteiger partial charge in [-0.05, 0) is 30.2 Å². The zero-order chi connectivity index (χ0) is 15.1. The van der Waals surface area contributed by atoms with E-state index >= 15 is 0 Å². The van der Waals surface area contributed by atoms with Gasteiger partial charge in [0.1, 0.15) is 0 Å². The summed E-state index contributed by atoms with van der Waals surface area (Å²) >= 11 is 1.82. The first-order valence-electron chi connectivity index (χ1n) is 6.93. The highest BCUT2D eigenvalue weighted by atomic mass is 32.2. The Labute approximate surface area is 129 Å². The third-order valence-corrected chi connectivity index (χ3v) is 4.29. The Hall–Kier alpha value is -1.78. The molecule has 2 aromatic carbocycles. The second kappa shape index (κ2) is 7.86. The summed E-state index contributed by atoms with van der Waals surface area (Å²) < 4.78 is 0. The Morgan fingerprint density at radius 1 is 1.10 bits per heavy atom. The van der Waals surface area contributed by atoms with Crippen LogP contribution in [-0.2, 0) is 17.1 Å². The van der Waals surface area contributed by atoms with Crippen molar-refractivity contribution in [3.05, 3.63) is 65.7 Å². The van der Waals surface area contributed by atoms with Gasteiger partial charge in [0.15, 0.2) is 0 Å². The van der Waals surface area contributed by atoms with Crippen molar-refractivity contribution in [2.45, 2.75) is 30.2 Å². The van der Waals surface area contributed by atoms with Crippen LogP contribution in [0.2, 0.25) is 0 Å². The first-order chi connectivity index (χ1) is 10.1. The molecule has 0 aromatic heterocycles. The van der Waals surface area contributed by atoms with Crippen molar-refractivity contribution in [1.29, 1.82) is 0 Å². The van der Waals surface area contributed by atoms with Crippen LogP contribution in [0.5, 0.6) is 0 Å². The maximum atomic E-state index is 11.0. The summed E-state index contributed by atoms with van der Waals surface area (Å²) in [4.78, 5) is 12.2. The lowest BCUT2D eigenvalue weighted by Crippen LogP contribution is -2.38. The minimum Gasteiger partial charge on any atom is -0.368 e. The molecule has 0 saturated heterocycles. The average molecular weight is 300 g/mol. The maximum absolute atomic E-state index is 11.0. The predicted octanol–water partition coefficient (Wildman–Crippen LogP) is 2.94. The number of hydrogen-bond donors (Lipinski definition) is 2. The second-order valence-corrected chi connectivity index (χ2v) is 5.97. The molecule has 21 heavy (non-hydrogen) atoms. The predicted molar refractivity (Wildman–Crippen MR) is 87.9 cm³/mol. The van der Waals surface area contributed by atoms with E-state index < -0.39 is 0 Å². The van der Waals surface area contributed by atoms with E-state index in [9.17, 15) is 4.79 Å². The average Bonchev–Trinajstić information content (AvgIpc) is 2.52. The normalized spacial score (nSPS) is 12.0. The van der Waals surface area contributed by atoms with Crippen LogP contribution < -0.4 is 11.1 Å². The van der Waals surface area contributed by atoms with E-state index in [4.69, 9.17) is 5.73 Å². The second-order valence-electron chi connectivity index (χ2n) is 4.92. The number of primary amides is 1. The fraction of sp³-hybridized carbons (Fsp3) is 0.235. The molecule has 0 fully saturated rings. The minimum atomic E-state index is -0.329. The van der Waals surface area contributed by atoms with Crippen molar-refractivity contribution in [1.82, 2.24) is 5.32 Å². The van der Waals surface area contributed by atoms with E-state index in [0.717, 1.165) is 11.3 Å². The Kier molecular flexibility index (Phi) is 5.84. The van der Waals surface area contributed by atoms with Crippen molar-refractivity contribution in [3.63, 3.8) is 0 Å². The van der Waals surface area contributed by atoms with Gasteiger partial charge in [-0.3, -0.25) is 4.79 Å². The summed E-state index contributed by atoms with van der Waals surface area (Å²) in [6, 6.07) is 18.5. The van der Waals surface area contributed by atoms with E-state index in [2.05, 4.69) is 53.8 Å². The molecule has 110 valence electrons. The molecular formula is C17H20N2OS. The molecule has 0 bridgehead atoms. The van der Waals surface area contributed by atoms with Gasteiger partial charge in [0, 0.05) is 17.2 Å². The smallest absolute Gasteiger partial charge is 0.234 e. The van der Waals surface area contributed by atoms with Crippen molar-refractivity contribution >= 4 is 17.7 Å². The first-order valence-corrected chi connectivity index (χ1v) is 7.92. The Bertz CT molecular complexity index is 569. The lowest BCUT2D eigenvalue weighted by molar-refractivity contribution is -0.119. The summed E-state index contributed by atoms with van der Waals surface area (Å²) in [7, 11) is 0. The van der Waals surface area contributed by atoms with Crippen LogP contribution in [0.15, 0.2) is 59.5 Å². The molecule has 0 unspecified atom stereocenters. The molecule has 0 aliphatic carbocycles. The number of benzene rings is 2. The van der Waals surface area contributed by atoms with Gasteiger partial charge in [0.05, 0.1) is 6.04 Å². The number of rotatable bonds is 7. The zero-order valence-corrected chi connectivity index (χ0v) is 12.9. The van der Waals surface area contributed by atoms with E-state index in [1.54, 1.807) is 6.92 Å². The largest absolute Gasteiger partial charge is 0.368 e. The van der Waals surface area contributed by atoms with Crippen LogP contribution in [-0.4, -0.2) is 11.9 Å². The molecule has 0 aliphatic rings. The topological polar surface area (TPSA) is 55.1 Å². The molecular weight excluding hydrogens is 280 g/mol. The third-order valence-electron chi connectivity index (χ3n) is 3.21. The zero-order valence-electron chi connectivity index (χ0n) is 12.1. The minimum absolute atomic E-state index is 0.308. The lowest BCUT2D eigenvalue weighted by Gasteiger charge is -2.10. The van der Waals surface area contributed by atoms with Crippen LogP contribution in [0.4, 0.5) is 0 Å². The van der Waals surface area contributed by atoms with Gasteiger partial charge in [0.2, 0.25) is 5.91 Å². The number of carbonyl (C=O) groups is 1. The Morgan fingerprint density at radius 3 is 2.38 bits per heavy atom. The number of nitrogens with one attached hydrogen (secondary N) is 1. The van der Waals surface area contributed by atoms with Crippen LogP contribution >= 0.6 is 11.8 Å². The molecule has 3 N–H and O–H groups in total. The number of thioether (sulfide) groups is 1. The highest BCUT2D eigenvalue weighted by Crippen LogP contribution is 2.22. The standard InChI is InChI=1S/C17H20N2OS/c1-13(17(18)20)19-11-14-7-9-16(10-8-14)21-12-15-5-3-2-4-6-15/h2-10,13,19H,11-12H2,1H3,(H2,18,20)/t13-/m1/s1. The quantitative estimate of drug-likeness (QED) is 0.773. The molecule has 0 spiro atoms. The summed E-state index contributed by atoms with van der Waals surface area (Å²) in [6.07, 6.45) is 0. The van der Waals surface area contributed by atoms with E-state index in [0.29, 0.717) is 6.54 Å². The van der Waals surface area contributed by atoms with Crippen molar-refractivity contribution < 1.29 is 4.79 Å². The van der Waals surface area contributed by atoms with Gasteiger partial charge in [-0.2, -0.15) is 0 Å². The molecule has 2 rings (SSSR count). The molecule has 4 heteroatoms. The molecule has 1 amide bonds. The summed E-state index contributed by atoms with van der Waals surface area (Å²) in [5, 5.41) is 3.09. The SMILES string of the molecule is C[C@@H](NCc1ccc(SCc2ccccc2)cc1)C(N)=O. The van der Waals surface area contributed by atoms with Crippen LogP contribution in [0.1, 0.15) is 18.1 Å². The Morgan fingerprint density at radius 2 is 1.76 bits per heavy atom. The molecule has 0 aliphatic heterocycles. The van der Waals surface area contributed by atoms with E-state index in [1.165, 1.54) is 10.5 Å². The van der Waals surface area contributed by atoms with E-state index in [1.807, 2.05) is 17.8 Å². The molecule has 0 saturated carbocycles. The van der Waals surface area contributed by atoms with Crippen molar-refractivity contribution in [3.8, 4) is 0 Å². The van der Waals surface area contributed by atoms with Crippen LogP contribution in [0, 0.1) is 0 Å². The summed E-state index contributed by atoms with van der Waals surface area (Å²) in [5.74, 6) is 0.641. The summed E-state index contributed by atoms with van der Waals surface area (Å²) in [6.45, 7) is 2.42. The van der Waals surface area contributed by atoms with Gasteiger partial charge in [-0.25, -0.2) is 0 Å². The van der Waals surface area contributed by atoms with Gasteiger partial charge in [-0.1, -0.05) is 42.5 Å². The molecule has 2 aromatic rings. The van der Waals surface area contributed by atoms with E-state index in [-0.39, 0.29) is 11.9 Å². The van der Waals surface area contributed by atoms with Crippen LogP contribution in [0.3, 0.4) is 0 Å². The van der Waals surface area contributed by atoms with Crippen molar-refractivity contribution in [2.75, 3.05) is 0 Å². The first kappa shape index (κ1) is 15.6. The summed E-state index contributed by atoms with van der Waals surface area (Å²) in [5.41, 5.74) is 7.68. The monoisotopic (exact) mass is 300 g/mol. The Balaban J connectivity index is 1.83. The van der Waals surface area contributed by atoms with Gasteiger partial charge < -0.3 is 11.1 Å². The fourth-order valence-corrected chi connectivity index (χ4v) is 2.67. The van der Waals surface area contributed by atoms with Gasteiger partial charge in [-0.15, -0.1) is 11.8 Å². The fourth-order valence-electron chi connectivity index (χ4n) is 1.82. The number of hydrogen-bond acceptors (Lipinski definition) is 3. The maximum Gasteiger partial charge on any atom is 0.234 e.